The Labute approximate surface area is 204 Å². The smallest absolute Gasteiger partial charge is 0.406 e. The van der Waals surface area contributed by atoms with Crippen LogP contribution in [0.1, 0.15) is 10.4 Å². The van der Waals surface area contributed by atoms with Crippen molar-refractivity contribution in [2.24, 2.45) is 0 Å². The number of alkyl halides is 6. The van der Waals surface area contributed by atoms with Gasteiger partial charge < -0.3 is 9.47 Å². The number of nitrogens with one attached hydrogen (secondary N) is 1. The Morgan fingerprint density at radius 2 is 1.42 bits per heavy atom. The molecule has 0 saturated heterocycles. The van der Waals surface area contributed by atoms with Gasteiger partial charge in [0.25, 0.3) is 5.91 Å². The normalized spacial score (nSPS) is 12.0. The first-order valence-electron chi connectivity index (χ1n) is 10.0. The van der Waals surface area contributed by atoms with E-state index in [0.29, 0.717) is 28.0 Å². The molecular weight excluding hydrogens is 512 g/mol. The number of fused-ring (bicyclic) bond motifs is 1. The summed E-state index contributed by atoms with van der Waals surface area (Å²) >= 11 is 1.07. The third-order valence-corrected chi connectivity index (χ3v) is 5.26. The molecule has 0 spiro atoms. The number of pyridine rings is 1. The molecule has 0 saturated carbocycles. The van der Waals surface area contributed by atoms with Gasteiger partial charge in [0.1, 0.15) is 17.1 Å². The van der Waals surface area contributed by atoms with Crippen molar-refractivity contribution in [1.82, 2.24) is 14.1 Å². The second-order valence-electron chi connectivity index (χ2n) is 7.25. The van der Waals surface area contributed by atoms with Gasteiger partial charge in [0, 0.05) is 23.6 Å². The van der Waals surface area contributed by atoms with Crippen LogP contribution in [0.4, 0.5) is 26.3 Å². The molecule has 6 nitrogen and oxygen atoms in total. The Hall–Kier alpha value is -3.87. The largest absolute Gasteiger partial charge is 0.573 e. The Morgan fingerprint density at radius 1 is 0.889 bits per heavy atom. The lowest BCUT2D eigenvalue weighted by Gasteiger charge is -2.13. The van der Waals surface area contributed by atoms with E-state index in [2.05, 4.69) is 19.2 Å². The molecule has 0 aliphatic heterocycles. The van der Waals surface area contributed by atoms with Gasteiger partial charge in [-0.1, -0.05) is 24.1 Å². The fourth-order valence-electron chi connectivity index (χ4n) is 3.47. The molecule has 0 fully saturated rings. The maximum Gasteiger partial charge on any atom is 0.573 e. The summed E-state index contributed by atoms with van der Waals surface area (Å²) in [5.41, 5.74) is 2.40. The van der Waals surface area contributed by atoms with Crippen LogP contribution in [0.15, 0.2) is 67.0 Å². The van der Waals surface area contributed by atoms with Crippen molar-refractivity contribution in [3.05, 3.63) is 72.6 Å². The Balaban J connectivity index is 1.78. The lowest BCUT2D eigenvalue weighted by atomic mass is 10.0. The molecule has 13 heteroatoms. The molecule has 0 unspecified atom stereocenters. The van der Waals surface area contributed by atoms with Gasteiger partial charge in [0.2, 0.25) is 0 Å². The lowest BCUT2D eigenvalue weighted by molar-refractivity contribution is -0.275. The molecule has 0 aliphatic carbocycles. The summed E-state index contributed by atoms with van der Waals surface area (Å²) in [5.74, 6) is -1.27. The molecular formula is C23H15F6N3O3S. The van der Waals surface area contributed by atoms with Gasteiger partial charge in [-0.25, -0.2) is 4.98 Å². The summed E-state index contributed by atoms with van der Waals surface area (Å²) in [6.45, 7) is 0. The highest BCUT2D eigenvalue weighted by atomic mass is 32.2. The average Bonchev–Trinajstić information content (AvgIpc) is 3.20. The van der Waals surface area contributed by atoms with Crippen LogP contribution in [0.3, 0.4) is 0 Å². The van der Waals surface area contributed by atoms with E-state index in [1.807, 2.05) is 0 Å². The number of rotatable bonds is 6. The topological polar surface area (TPSA) is 64.9 Å². The van der Waals surface area contributed by atoms with Crippen molar-refractivity contribution in [1.29, 1.82) is 0 Å². The van der Waals surface area contributed by atoms with Crippen molar-refractivity contribution >= 4 is 23.5 Å². The number of hydrogen-bond donors (Lipinski definition) is 1. The standard InChI is InChI=1S/C23H15F6N3O3S/c1-36-31-21(33)17-10-20-30-11-19(14-4-8-16(9-5-14)35-23(27,28)29)32(20)12-18(17)13-2-6-15(7-3-13)34-22(24,25)26/h2-12H,1H3,(H,31,33). The number of carbonyl (C=O) groups excluding carboxylic acids is 1. The molecule has 2 heterocycles. The van der Waals surface area contributed by atoms with Gasteiger partial charge in [-0.3, -0.25) is 13.9 Å². The van der Waals surface area contributed by atoms with E-state index >= 15 is 0 Å². The Morgan fingerprint density at radius 3 is 1.92 bits per heavy atom. The predicted octanol–water partition coefficient (Wildman–Crippen LogP) is 6.47. The van der Waals surface area contributed by atoms with E-state index < -0.39 is 30.1 Å². The number of benzene rings is 2. The van der Waals surface area contributed by atoms with Crippen molar-refractivity contribution in [2.75, 3.05) is 6.26 Å². The third-order valence-electron chi connectivity index (χ3n) is 4.87. The maximum atomic E-state index is 12.7. The molecule has 0 aliphatic rings. The highest BCUT2D eigenvalue weighted by molar-refractivity contribution is 7.97. The van der Waals surface area contributed by atoms with Crippen molar-refractivity contribution in [3.63, 3.8) is 0 Å². The van der Waals surface area contributed by atoms with Crippen molar-refractivity contribution in [2.45, 2.75) is 12.7 Å². The molecule has 0 radical (unpaired) electrons. The van der Waals surface area contributed by atoms with Gasteiger partial charge in [0.05, 0.1) is 17.5 Å². The number of amides is 1. The van der Waals surface area contributed by atoms with Gasteiger partial charge in [-0.05, 0) is 48.0 Å². The zero-order chi connectivity index (χ0) is 26.1. The summed E-state index contributed by atoms with van der Waals surface area (Å²) in [5, 5.41) is 0. The summed E-state index contributed by atoms with van der Waals surface area (Å²) in [4.78, 5) is 17.0. The molecule has 1 amide bonds. The Bertz CT molecular complexity index is 1380. The summed E-state index contributed by atoms with van der Waals surface area (Å²) in [6.07, 6.45) is -4.97. The van der Waals surface area contributed by atoms with E-state index in [-0.39, 0.29) is 5.56 Å². The molecule has 36 heavy (non-hydrogen) atoms. The van der Waals surface area contributed by atoms with Crippen LogP contribution in [0.5, 0.6) is 11.5 Å². The zero-order valence-electron chi connectivity index (χ0n) is 18.1. The molecule has 0 bridgehead atoms. The van der Waals surface area contributed by atoms with Crippen LogP contribution < -0.4 is 14.2 Å². The molecule has 2 aromatic heterocycles. The first-order chi connectivity index (χ1) is 16.9. The first-order valence-corrected chi connectivity index (χ1v) is 11.2. The van der Waals surface area contributed by atoms with E-state index in [1.165, 1.54) is 36.5 Å². The number of ether oxygens (including phenoxy) is 2. The number of carbonyl (C=O) groups is 1. The van der Waals surface area contributed by atoms with E-state index in [9.17, 15) is 31.1 Å². The number of aromatic nitrogens is 2. The van der Waals surface area contributed by atoms with Gasteiger partial charge in [0.15, 0.2) is 0 Å². The summed E-state index contributed by atoms with van der Waals surface area (Å²) < 4.78 is 87.0. The van der Waals surface area contributed by atoms with Gasteiger partial charge in [-0.15, -0.1) is 26.3 Å². The second-order valence-corrected chi connectivity index (χ2v) is 7.86. The molecule has 1 N–H and O–H groups in total. The average molecular weight is 527 g/mol. The Kier molecular flexibility index (Phi) is 6.76. The predicted molar refractivity (Wildman–Crippen MR) is 120 cm³/mol. The van der Waals surface area contributed by atoms with Crippen LogP contribution in [-0.2, 0) is 0 Å². The molecule has 188 valence electrons. The number of hydrogen-bond acceptors (Lipinski definition) is 5. The monoisotopic (exact) mass is 527 g/mol. The number of nitrogens with zero attached hydrogens (tertiary/aromatic N) is 2. The molecule has 4 aromatic rings. The lowest BCUT2D eigenvalue weighted by Crippen LogP contribution is -2.17. The van der Waals surface area contributed by atoms with Crippen LogP contribution in [0.2, 0.25) is 0 Å². The van der Waals surface area contributed by atoms with Gasteiger partial charge in [-0.2, -0.15) is 0 Å². The van der Waals surface area contributed by atoms with Crippen LogP contribution >= 0.6 is 11.9 Å². The molecule has 4 rings (SSSR count). The number of halogens is 6. The molecule has 2 aromatic carbocycles. The van der Waals surface area contributed by atoms with Crippen LogP contribution in [0, 0.1) is 0 Å². The van der Waals surface area contributed by atoms with Crippen LogP contribution in [0.25, 0.3) is 28.0 Å². The minimum atomic E-state index is -4.85. The van der Waals surface area contributed by atoms with Crippen molar-refractivity contribution < 1.29 is 40.6 Å². The number of imidazole rings is 1. The highest BCUT2D eigenvalue weighted by Crippen LogP contribution is 2.32. The first kappa shape index (κ1) is 25.2. The highest BCUT2D eigenvalue weighted by Gasteiger charge is 2.31. The van der Waals surface area contributed by atoms with E-state index in [4.69, 9.17) is 0 Å². The fourth-order valence-corrected chi connectivity index (χ4v) is 3.76. The zero-order valence-corrected chi connectivity index (χ0v) is 19.0. The van der Waals surface area contributed by atoms with Crippen LogP contribution in [-0.4, -0.2) is 34.3 Å². The fraction of sp³-hybridized carbons (Fsp3) is 0.130. The van der Waals surface area contributed by atoms with E-state index in [0.717, 1.165) is 36.2 Å². The van der Waals surface area contributed by atoms with Gasteiger partial charge >= 0.3 is 12.7 Å². The SMILES string of the molecule is CSNC(=O)c1cc2ncc(-c3ccc(OC(F)(F)F)cc3)n2cc1-c1ccc(OC(F)(F)F)cc1. The quantitative estimate of drug-likeness (QED) is 0.230. The molecule has 0 atom stereocenters. The second kappa shape index (κ2) is 9.64. The minimum Gasteiger partial charge on any atom is -0.406 e. The maximum absolute atomic E-state index is 12.7. The summed E-state index contributed by atoms with van der Waals surface area (Å²) in [6, 6.07) is 11.6. The van der Waals surface area contributed by atoms with Crippen molar-refractivity contribution in [3.8, 4) is 33.9 Å². The third kappa shape index (κ3) is 5.85. The van der Waals surface area contributed by atoms with E-state index in [1.54, 1.807) is 16.9 Å². The summed E-state index contributed by atoms with van der Waals surface area (Å²) in [7, 11) is 0. The minimum absolute atomic E-state index is 0.215.